The number of aromatic nitrogens is 2. The molecule has 1 saturated heterocycles. The summed E-state index contributed by atoms with van der Waals surface area (Å²) < 4.78 is 11.7. The van der Waals surface area contributed by atoms with Gasteiger partial charge in [0.25, 0.3) is 0 Å². The molecule has 3 aromatic rings. The number of nitrogens with one attached hydrogen (secondary N) is 1. The molecule has 1 aliphatic rings. The third-order valence-corrected chi connectivity index (χ3v) is 5.83. The lowest BCUT2D eigenvalue weighted by Gasteiger charge is -2.28. The minimum absolute atomic E-state index is 0.208. The fourth-order valence-corrected chi connectivity index (χ4v) is 3.97. The van der Waals surface area contributed by atoms with E-state index in [0.717, 1.165) is 56.0 Å². The number of rotatable bonds is 10. The number of anilines is 1. The molecular formula is C27H31N5O3. The second kappa shape index (κ2) is 12.3. The number of morpholine rings is 1. The standard InChI is InChI=1S/C27H31N5O3/c1-20-30-26(32-12-15-34-16-13-32)18-27(31-20)35-25-17-22(19-28)5-8-24(25)23-6-3-21(4-7-23)9-11-29-10-2-14-33/h3-8,17-18,29,33H,2,9-16H2,1H3. The Morgan fingerprint density at radius 2 is 1.89 bits per heavy atom. The summed E-state index contributed by atoms with van der Waals surface area (Å²) in [7, 11) is 0. The number of ether oxygens (including phenoxy) is 2. The van der Waals surface area contributed by atoms with Crippen LogP contribution < -0.4 is 15.0 Å². The minimum atomic E-state index is 0.208. The molecule has 0 bridgehead atoms. The normalized spacial score (nSPS) is 13.5. The highest BCUT2D eigenvalue weighted by Gasteiger charge is 2.16. The first kappa shape index (κ1) is 24.6. The summed E-state index contributed by atoms with van der Waals surface area (Å²) in [6.07, 6.45) is 1.67. The maximum absolute atomic E-state index is 9.45. The molecule has 0 amide bonds. The van der Waals surface area contributed by atoms with Crippen molar-refractivity contribution >= 4 is 5.82 Å². The monoisotopic (exact) mass is 473 g/mol. The Balaban J connectivity index is 1.54. The van der Waals surface area contributed by atoms with Crippen molar-refractivity contribution in [2.45, 2.75) is 19.8 Å². The molecular weight excluding hydrogens is 442 g/mol. The van der Waals surface area contributed by atoms with Gasteiger partial charge in [-0.25, -0.2) is 4.98 Å². The minimum Gasteiger partial charge on any atom is -0.438 e. The number of nitriles is 1. The summed E-state index contributed by atoms with van der Waals surface area (Å²) >= 11 is 0. The maximum atomic E-state index is 9.45. The molecule has 1 aromatic heterocycles. The van der Waals surface area contributed by atoms with Crippen LogP contribution in [0.5, 0.6) is 11.6 Å². The van der Waals surface area contributed by atoms with Crippen LogP contribution in [0.3, 0.4) is 0 Å². The predicted molar refractivity (Wildman–Crippen MR) is 135 cm³/mol. The van der Waals surface area contributed by atoms with E-state index in [4.69, 9.17) is 14.6 Å². The van der Waals surface area contributed by atoms with E-state index in [1.54, 1.807) is 12.1 Å². The first-order valence-electron chi connectivity index (χ1n) is 12.0. The third-order valence-electron chi connectivity index (χ3n) is 5.83. The van der Waals surface area contributed by atoms with Crippen LogP contribution in [-0.2, 0) is 11.2 Å². The molecule has 0 radical (unpaired) electrons. The lowest BCUT2D eigenvalue weighted by atomic mass is 10.0. The fourth-order valence-electron chi connectivity index (χ4n) is 3.97. The Kier molecular flexibility index (Phi) is 8.63. The van der Waals surface area contributed by atoms with E-state index >= 15 is 0 Å². The molecule has 1 fully saturated rings. The van der Waals surface area contributed by atoms with E-state index in [-0.39, 0.29) is 6.61 Å². The summed E-state index contributed by atoms with van der Waals surface area (Å²) in [5, 5.41) is 21.7. The van der Waals surface area contributed by atoms with Crippen LogP contribution in [0.1, 0.15) is 23.4 Å². The predicted octanol–water partition coefficient (Wildman–Crippen LogP) is 3.47. The topological polar surface area (TPSA) is 104 Å². The van der Waals surface area contributed by atoms with Crippen LogP contribution in [0.15, 0.2) is 48.5 Å². The van der Waals surface area contributed by atoms with Gasteiger partial charge in [0.1, 0.15) is 17.4 Å². The van der Waals surface area contributed by atoms with Crippen molar-refractivity contribution in [3.8, 4) is 28.8 Å². The Morgan fingerprint density at radius 1 is 1.09 bits per heavy atom. The van der Waals surface area contributed by atoms with E-state index in [1.165, 1.54) is 5.56 Å². The Bertz CT molecular complexity index is 1150. The number of aryl methyl sites for hydroxylation is 1. The van der Waals surface area contributed by atoms with E-state index < -0.39 is 0 Å². The van der Waals surface area contributed by atoms with Crippen LogP contribution in [0.25, 0.3) is 11.1 Å². The molecule has 0 spiro atoms. The van der Waals surface area contributed by atoms with Crippen molar-refractivity contribution in [2.24, 2.45) is 0 Å². The van der Waals surface area contributed by atoms with E-state index in [1.807, 2.05) is 19.1 Å². The summed E-state index contributed by atoms with van der Waals surface area (Å²) in [4.78, 5) is 11.2. The highest BCUT2D eigenvalue weighted by Crippen LogP contribution is 2.34. The van der Waals surface area contributed by atoms with Crippen molar-refractivity contribution in [1.29, 1.82) is 5.26 Å². The molecule has 0 saturated carbocycles. The summed E-state index contributed by atoms with van der Waals surface area (Å²) in [5.74, 6) is 2.46. The van der Waals surface area contributed by atoms with Crippen molar-refractivity contribution in [3.05, 3.63) is 65.5 Å². The molecule has 8 heteroatoms. The average Bonchev–Trinajstić information content (AvgIpc) is 2.89. The number of hydrogen-bond donors (Lipinski definition) is 2. The Labute approximate surface area is 206 Å². The maximum Gasteiger partial charge on any atom is 0.224 e. The van der Waals surface area contributed by atoms with E-state index in [2.05, 4.69) is 50.5 Å². The fraction of sp³-hybridized carbons (Fsp3) is 0.370. The van der Waals surface area contributed by atoms with E-state index in [0.29, 0.717) is 36.2 Å². The average molecular weight is 474 g/mol. The van der Waals surface area contributed by atoms with Gasteiger partial charge in [-0.3, -0.25) is 0 Å². The molecule has 8 nitrogen and oxygen atoms in total. The van der Waals surface area contributed by atoms with Gasteiger partial charge in [-0.15, -0.1) is 0 Å². The summed E-state index contributed by atoms with van der Waals surface area (Å²) in [5.41, 5.74) is 3.64. The molecule has 35 heavy (non-hydrogen) atoms. The van der Waals surface area contributed by atoms with Crippen molar-refractivity contribution in [3.63, 3.8) is 0 Å². The molecule has 2 aromatic carbocycles. The van der Waals surface area contributed by atoms with Gasteiger partial charge < -0.3 is 24.8 Å². The largest absolute Gasteiger partial charge is 0.438 e. The molecule has 0 atom stereocenters. The number of aliphatic hydroxyl groups excluding tert-OH is 1. The van der Waals surface area contributed by atoms with Crippen LogP contribution in [-0.4, -0.2) is 61.1 Å². The van der Waals surface area contributed by atoms with Gasteiger partial charge in [0.15, 0.2) is 0 Å². The second-order valence-electron chi connectivity index (χ2n) is 8.41. The smallest absolute Gasteiger partial charge is 0.224 e. The van der Waals surface area contributed by atoms with Gasteiger partial charge in [-0.2, -0.15) is 10.2 Å². The lowest BCUT2D eigenvalue weighted by molar-refractivity contribution is 0.122. The van der Waals surface area contributed by atoms with Gasteiger partial charge in [-0.1, -0.05) is 24.3 Å². The number of aliphatic hydroxyl groups is 1. The quantitative estimate of drug-likeness (QED) is 0.432. The van der Waals surface area contributed by atoms with Crippen LogP contribution in [0.2, 0.25) is 0 Å². The number of nitrogens with zero attached hydrogens (tertiary/aromatic N) is 4. The third kappa shape index (κ3) is 6.76. The van der Waals surface area contributed by atoms with Gasteiger partial charge in [0.05, 0.1) is 24.8 Å². The molecule has 182 valence electrons. The van der Waals surface area contributed by atoms with Gasteiger partial charge in [0.2, 0.25) is 5.88 Å². The first-order valence-corrected chi connectivity index (χ1v) is 12.0. The molecule has 2 N–H and O–H groups in total. The lowest BCUT2D eigenvalue weighted by Crippen LogP contribution is -2.36. The number of benzene rings is 2. The molecule has 2 heterocycles. The number of hydrogen-bond acceptors (Lipinski definition) is 8. The van der Waals surface area contributed by atoms with Crippen LogP contribution in [0, 0.1) is 18.3 Å². The summed E-state index contributed by atoms with van der Waals surface area (Å²) in [6, 6.07) is 17.9. The highest BCUT2D eigenvalue weighted by molar-refractivity contribution is 5.72. The first-order chi connectivity index (χ1) is 17.2. The van der Waals surface area contributed by atoms with E-state index in [9.17, 15) is 5.26 Å². The molecule has 1 aliphatic heterocycles. The highest BCUT2D eigenvalue weighted by atomic mass is 16.5. The van der Waals surface area contributed by atoms with Gasteiger partial charge in [0, 0.05) is 31.3 Å². The molecule has 0 unspecified atom stereocenters. The van der Waals surface area contributed by atoms with Crippen molar-refractivity contribution < 1.29 is 14.6 Å². The molecule has 0 aliphatic carbocycles. The second-order valence-corrected chi connectivity index (χ2v) is 8.41. The Morgan fingerprint density at radius 3 is 2.63 bits per heavy atom. The van der Waals surface area contributed by atoms with Crippen molar-refractivity contribution in [1.82, 2.24) is 15.3 Å². The van der Waals surface area contributed by atoms with Crippen LogP contribution >= 0.6 is 0 Å². The zero-order valence-corrected chi connectivity index (χ0v) is 20.0. The Hall–Kier alpha value is -3.51. The zero-order chi connectivity index (χ0) is 24.5. The van der Waals surface area contributed by atoms with Gasteiger partial charge in [-0.05, 0) is 62.2 Å². The molecule has 4 rings (SSSR count). The van der Waals surface area contributed by atoms with Crippen molar-refractivity contribution in [2.75, 3.05) is 50.9 Å². The van der Waals surface area contributed by atoms with Gasteiger partial charge >= 0.3 is 0 Å². The summed E-state index contributed by atoms with van der Waals surface area (Å²) in [6.45, 7) is 6.62. The SMILES string of the molecule is Cc1nc(Oc2cc(C#N)ccc2-c2ccc(CCNCCCO)cc2)cc(N2CCOCC2)n1. The van der Waals surface area contributed by atoms with Crippen LogP contribution in [0.4, 0.5) is 5.82 Å². The zero-order valence-electron chi connectivity index (χ0n) is 20.0.